The molecule has 1 aliphatic heterocycles. The van der Waals surface area contributed by atoms with Gasteiger partial charge in [-0.2, -0.15) is 13.2 Å². The minimum Gasteiger partial charge on any atom is -0.342 e. The molecule has 39 heavy (non-hydrogen) atoms. The van der Waals surface area contributed by atoms with E-state index in [0.717, 1.165) is 34.0 Å². The Hall–Kier alpha value is -4.38. The van der Waals surface area contributed by atoms with Crippen LogP contribution in [0.2, 0.25) is 0 Å². The Kier molecular flexibility index (Phi) is 7.00. The molecule has 0 bridgehead atoms. The maximum absolute atomic E-state index is 14.3. The van der Waals surface area contributed by atoms with Crippen molar-refractivity contribution in [3.8, 4) is 0 Å². The number of amides is 3. The molecule has 1 aromatic heterocycles. The van der Waals surface area contributed by atoms with Crippen molar-refractivity contribution < 1.29 is 31.9 Å². The van der Waals surface area contributed by atoms with Gasteiger partial charge in [-0.1, -0.05) is 42.5 Å². The number of fused-ring (bicyclic) bond motifs is 1. The quantitative estimate of drug-likeness (QED) is 0.218. The zero-order valence-corrected chi connectivity index (χ0v) is 20.9. The smallest absolute Gasteiger partial charge is 0.342 e. The molecule has 0 radical (unpaired) electrons. The number of para-hydroxylation sites is 1. The highest BCUT2D eigenvalue weighted by atomic mass is 32.2. The van der Waals surface area contributed by atoms with Crippen LogP contribution >= 0.6 is 11.8 Å². The highest BCUT2D eigenvalue weighted by Gasteiger charge is 2.37. The third-order valence-corrected chi connectivity index (χ3v) is 6.96. The summed E-state index contributed by atoms with van der Waals surface area (Å²) in [6.07, 6.45) is -1.29. The first-order valence-electron chi connectivity index (χ1n) is 11.6. The van der Waals surface area contributed by atoms with Gasteiger partial charge in [-0.15, -0.1) is 0 Å². The van der Waals surface area contributed by atoms with E-state index in [1.54, 1.807) is 24.4 Å². The fourth-order valence-electron chi connectivity index (χ4n) is 4.23. The number of thioether (sulfide) groups is 1. The molecule has 0 spiro atoms. The second-order valence-corrected chi connectivity index (χ2v) is 9.71. The van der Waals surface area contributed by atoms with Gasteiger partial charge in [-0.25, -0.2) is 4.39 Å². The van der Waals surface area contributed by atoms with Crippen LogP contribution in [-0.4, -0.2) is 33.1 Å². The van der Waals surface area contributed by atoms with E-state index in [1.165, 1.54) is 18.2 Å². The van der Waals surface area contributed by atoms with E-state index in [2.05, 4.69) is 5.32 Å². The van der Waals surface area contributed by atoms with E-state index in [-0.39, 0.29) is 23.0 Å². The van der Waals surface area contributed by atoms with Crippen molar-refractivity contribution in [3.05, 3.63) is 106 Å². The molecule has 0 saturated carbocycles. The number of anilines is 1. The van der Waals surface area contributed by atoms with Crippen molar-refractivity contribution in [3.63, 3.8) is 0 Å². The van der Waals surface area contributed by atoms with Crippen molar-refractivity contribution in [1.29, 1.82) is 0 Å². The van der Waals surface area contributed by atoms with Crippen molar-refractivity contribution in [2.45, 2.75) is 12.7 Å². The van der Waals surface area contributed by atoms with Gasteiger partial charge in [0.2, 0.25) is 5.91 Å². The number of imide groups is 1. The van der Waals surface area contributed by atoms with Crippen LogP contribution in [0.25, 0.3) is 17.0 Å². The monoisotopic (exact) mass is 553 g/mol. The number of carbonyl (C=O) groups is 3. The number of benzene rings is 3. The predicted octanol–water partition coefficient (Wildman–Crippen LogP) is 6.52. The molecule has 198 valence electrons. The summed E-state index contributed by atoms with van der Waals surface area (Å²) in [6, 6.07) is 17.8. The molecule has 11 heteroatoms. The molecule has 5 rings (SSSR count). The lowest BCUT2D eigenvalue weighted by molar-refractivity contribution is -0.137. The van der Waals surface area contributed by atoms with Crippen molar-refractivity contribution in [1.82, 2.24) is 9.47 Å². The summed E-state index contributed by atoms with van der Waals surface area (Å²) in [5.41, 5.74) is 0.855. The Morgan fingerprint density at radius 2 is 1.72 bits per heavy atom. The van der Waals surface area contributed by atoms with Crippen LogP contribution in [0.3, 0.4) is 0 Å². The number of aromatic nitrogens is 1. The summed E-state index contributed by atoms with van der Waals surface area (Å²) < 4.78 is 54.9. The highest BCUT2D eigenvalue weighted by Crippen LogP contribution is 2.35. The van der Waals surface area contributed by atoms with E-state index in [9.17, 15) is 31.9 Å². The number of nitrogens with one attached hydrogen (secondary N) is 1. The Morgan fingerprint density at radius 3 is 2.49 bits per heavy atom. The number of carbonyl (C=O) groups excluding carboxylic acids is 3. The van der Waals surface area contributed by atoms with E-state index < -0.39 is 35.3 Å². The molecule has 1 saturated heterocycles. The molecule has 6 nitrogen and oxygen atoms in total. The zero-order chi connectivity index (χ0) is 27.7. The summed E-state index contributed by atoms with van der Waals surface area (Å²) >= 11 is 0.655. The average molecular weight is 554 g/mol. The minimum atomic E-state index is -4.59. The van der Waals surface area contributed by atoms with Crippen LogP contribution in [-0.2, 0) is 22.3 Å². The Balaban J connectivity index is 1.35. The van der Waals surface area contributed by atoms with E-state index >= 15 is 0 Å². The van der Waals surface area contributed by atoms with Crippen LogP contribution in [0.15, 0.2) is 83.9 Å². The van der Waals surface area contributed by atoms with Gasteiger partial charge in [0, 0.05) is 33.9 Å². The largest absolute Gasteiger partial charge is 0.416 e. The second-order valence-electron chi connectivity index (χ2n) is 8.72. The molecule has 2 heterocycles. The lowest BCUT2D eigenvalue weighted by Gasteiger charge is -2.13. The Labute approximate surface area is 223 Å². The number of hydrogen-bond donors (Lipinski definition) is 1. The van der Waals surface area contributed by atoms with Gasteiger partial charge in [-0.05, 0) is 48.2 Å². The number of nitrogens with zero attached hydrogens (tertiary/aromatic N) is 2. The van der Waals surface area contributed by atoms with Crippen LogP contribution in [0.4, 0.5) is 28.0 Å². The number of halogens is 4. The molecular formula is C28H19F4N3O3S. The SMILES string of the molecule is O=C(CN1C(=O)S/C(=C\c2cn(Cc3ccccc3F)c3ccccc23)C1=O)Nc1cccc(C(F)(F)F)c1. The van der Waals surface area contributed by atoms with Gasteiger partial charge >= 0.3 is 6.18 Å². The van der Waals surface area contributed by atoms with Crippen molar-refractivity contribution in [2.75, 3.05) is 11.9 Å². The van der Waals surface area contributed by atoms with Crippen molar-refractivity contribution >= 4 is 51.5 Å². The number of alkyl halides is 3. The Morgan fingerprint density at radius 1 is 0.974 bits per heavy atom. The van der Waals surface area contributed by atoms with E-state index in [4.69, 9.17) is 0 Å². The topological polar surface area (TPSA) is 71.4 Å². The van der Waals surface area contributed by atoms with Gasteiger partial charge in [-0.3, -0.25) is 19.3 Å². The molecule has 0 aliphatic carbocycles. The fraction of sp³-hybridized carbons (Fsp3) is 0.107. The third kappa shape index (κ3) is 5.58. The van der Waals surface area contributed by atoms with Crippen LogP contribution < -0.4 is 5.32 Å². The van der Waals surface area contributed by atoms with Gasteiger partial charge in [0.25, 0.3) is 11.1 Å². The third-order valence-electron chi connectivity index (χ3n) is 6.05. The van der Waals surface area contributed by atoms with Crippen molar-refractivity contribution in [2.24, 2.45) is 0 Å². The van der Waals surface area contributed by atoms with Crippen LogP contribution in [0.5, 0.6) is 0 Å². The molecular weight excluding hydrogens is 534 g/mol. The second kappa shape index (κ2) is 10.4. The molecule has 1 fully saturated rings. The molecule has 1 aliphatic rings. The standard InChI is InChI=1S/C28H19F4N3O3S/c29-22-10-3-1-6-17(22)14-34-15-18(21-9-2-4-11-23(21)34)12-24-26(37)35(27(38)39-24)16-25(36)33-20-8-5-7-19(13-20)28(30,31)32/h1-13,15H,14,16H2,(H,33,36)/b24-12-. The molecule has 3 amide bonds. The van der Waals surface area contributed by atoms with Gasteiger partial charge in [0.1, 0.15) is 12.4 Å². The van der Waals surface area contributed by atoms with E-state index in [0.29, 0.717) is 22.9 Å². The number of rotatable bonds is 6. The lowest BCUT2D eigenvalue weighted by Crippen LogP contribution is -2.36. The molecule has 3 aromatic carbocycles. The lowest BCUT2D eigenvalue weighted by atomic mass is 10.1. The Bertz CT molecular complexity index is 1640. The van der Waals surface area contributed by atoms with Gasteiger partial charge < -0.3 is 9.88 Å². The average Bonchev–Trinajstić information content (AvgIpc) is 3.37. The minimum absolute atomic E-state index is 0.0839. The maximum Gasteiger partial charge on any atom is 0.416 e. The summed E-state index contributed by atoms with van der Waals surface area (Å²) in [6.45, 7) is -0.411. The van der Waals surface area contributed by atoms with E-state index in [1.807, 2.05) is 28.8 Å². The number of hydrogen-bond acceptors (Lipinski definition) is 4. The summed E-state index contributed by atoms with van der Waals surface area (Å²) in [5, 5.41) is 2.39. The highest BCUT2D eigenvalue weighted by molar-refractivity contribution is 8.18. The fourth-order valence-corrected chi connectivity index (χ4v) is 5.06. The van der Waals surface area contributed by atoms with Crippen LogP contribution in [0.1, 0.15) is 16.7 Å². The molecule has 0 atom stereocenters. The molecule has 0 unspecified atom stereocenters. The maximum atomic E-state index is 14.3. The first-order valence-corrected chi connectivity index (χ1v) is 12.5. The van der Waals surface area contributed by atoms with Crippen LogP contribution in [0, 0.1) is 5.82 Å². The summed E-state index contributed by atoms with van der Waals surface area (Å²) in [5.74, 6) is -1.86. The summed E-state index contributed by atoms with van der Waals surface area (Å²) in [7, 11) is 0. The zero-order valence-electron chi connectivity index (χ0n) is 20.0. The molecule has 4 aromatic rings. The predicted molar refractivity (Wildman–Crippen MR) is 140 cm³/mol. The summed E-state index contributed by atoms with van der Waals surface area (Å²) in [4.78, 5) is 38.8. The first kappa shape index (κ1) is 26.2. The molecule has 1 N–H and O–H groups in total. The normalized spacial score (nSPS) is 15.0. The first-order chi connectivity index (χ1) is 18.6. The van der Waals surface area contributed by atoms with Gasteiger partial charge in [0.15, 0.2) is 0 Å². The van der Waals surface area contributed by atoms with Gasteiger partial charge in [0.05, 0.1) is 17.0 Å².